The molecule has 23 heavy (non-hydrogen) atoms. The molecule has 4 heteroatoms. The van der Waals surface area contributed by atoms with Crippen LogP contribution in [0.5, 0.6) is 5.75 Å². The highest BCUT2D eigenvalue weighted by Gasteiger charge is 2.09. The minimum absolute atomic E-state index is 0.0244. The Morgan fingerprint density at radius 3 is 2.39 bits per heavy atom. The summed E-state index contributed by atoms with van der Waals surface area (Å²) in [6, 6.07) is 11.9. The van der Waals surface area contributed by atoms with Gasteiger partial charge in [-0.3, -0.25) is 4.79 Å². The molecule has 0 unspecified atom stereocenters. The van der Waals surface area contributed by atoms with E-state index in [1.807, 2.05) is 38.1 Å². The monoisotopic (exact) mass is 314 g/mol. The maximum absolute atomic E-state index is 10.5. The summed E-state index contributed by atoms with van der Waals surface area (Å²) < 4.78 is 5.75. The molecular weight excluding hydrogens is 292 g/mol. The number of aliphatic carboxylic acids is 1. The summed E-state index contributed by atoms with van der Waals surface area (Å²) in [4.78, 5) is 10.5. The summed E-state index contributed by atoms with van der Waals surface area (Å²) in [7, 11) is 0. The van der Waals surface area contributed by atoms with E-state index in [2.05, 4.69) is 12.1 Å². The van der Waals surface area contributed by atoms with Crippen molar-refractivity contribution in [2.75, 3.05) is 6.61 Å². The average Bonchev–Trinajstić information content (AvgIpc) is 2.53. The predicted octanol–water partition coefficient (Wildman–Crippen LogP) is 3.71. The number of rotatable bonds is 7. The molecule has 2 N–H and O–H groups in total. The first-order valence-electron chi connectivity index (χ1n) is 7.67. The highest BCUT2D eigenvalue weighted by molar-refractivity contribution is 5.68. The molecule has 0 aliphatic rings. The van der Waals surface area contributed by atoms with Gasteiger partial charge in [0.05, 0.1) is 13.2 Å². The lowest BCUT2D eigenvalue weighted by molar-refractivity contribution is -0.137. The van der Waals surface area contributed by atoms with Crippen molar-refractivity contribution in [2.45, 2.75) is 33.3 Å². The summed E-state index contributed by atoms with van der Waals surface area (Å²) in [5.74, 6) is 0.0126. The number of carboxylic acid groups (broad SMARTS) is 1. The fraction of sp³-hybridized carbons (Fsp3) is 0.316. The molecule has 0 spiro atoms. The number of carboxylic acids is 1. The van der Waals surface area contributed by atoms with Gasteiger partial charge >= 0.3 is 5.97 Å². The van der Waals surface area contributed by atoms with Crippen LogP contribution < -0.4 is 4.74 Å². The number of carbonyl (C=O) groups is 1. The third-order valence-electron chi connectivity index (χ3n) is 3.68. The number of aryl methyl sites for hydroxylation is 2. The van der Waals surface area contributed by atoms with E-state index in [1.165, 1.54) is 0 Å². The van der Waals surface area contributed by atoms with E-state index in [-0.39, 0.29) is 13.0 Å². The summed E-state index contributed by atoms with van der Waals surface area (Å²) in [6.45, 7) is 4.39. The molecular formula is C19H22O4. The van der Waals surface area contributed by atoms with Gasteiger partial charge in [-0.1, -0.05) is 18.2 Å². The van der Waals surface area contributed by atoms with E-state index in [9.17, 15) is 9.90 Å². The Hall–Kier alpha value is -2.33. The van der Waals surface area contributed by atoms with Crippen molar-refractivity contribution >= 4 is 5.97 Å². The zero-order valence-corrected chi connectivity index (χ0v) is 13.5. The van der Waals surface area contributed by atoms with E-state index in [0.717, 1.165) is 33.6 Å². The van der Waals surface area contributed by atoms with Crippen LogP contribution in [0.25, 0.3) is 11.1 Å². The second-order valence-electron chi connectivity index (χ2n) is 5.64. The van der Waals surface area contributed by atoms with Gasteiger partial charge in [0.15, 0.2) is 0 Å². The molecule has 0 saturated carbocycles. The van der Waals surface area contributed by atoms with Crippen LogP contribution in [0.15, 0.2) is 36.4 Å². The van der Waals surface area contributed by atoms with E-state index in [4.69, 9.17) is 9.84 Å². The van der Waals surface area contributed by atoms with Crippen LogP contribution >= 0.6 is 0 Å². The first-order chi connectivity index (χ1) is 11.0. The number of benzene rings is 2. The minimum Gasteiger partial charge on any atom is -0.493 e. The zero-order chi connectivity index (χ0) is 16.8. The highest BCUT2D eigenvalue weighted by atomic mass is 16.5. The van der Waals surface area contributed by atoms with Gasteiger partial charge in [-0.05, 0) is 66.3 Å². The number of ether oxygens (including phenoxy) is 1. The normalized spacial score (nSPS) is 10.6. The Bertz CT molecular complexity index is 669. The highest BCUT2D eigenvalue weighted by Crippen LogP contribution is 2.30. The number of aliphatic hydroxyl groups excluding tert-OH is 1. The molecule has 4 nitrogen and oxygen atoms in total. The summed E-state index contributed by atoms with van der Waals surface area (Å²) in [5.41, 5.74) is 5.05. The summed E-state index contributed by atoms with van der Waals surface area (Å²) in [5, 5.41) is 17.9. The summed E-state index contributed by atoms with van der Waals surface area (Å²) in [6.07, 6.45) is 0.610. The molecule has 122 valence electrons. The zero-order valence-electron chi connectivity index (χ0n) is 13.5. The fourth-order valence-electron chi connectivity index (χ4n) is 2.59. The van der Waals surface area contributed by atoms with Gasteiger partial charge in [0, 0.05) is 6.42 Å². The molecule has 0 aliphatic carbocycles. The van der Waals surface area contributed by atoms with E-state index in [1.54, 1.807) is 0 Å². The molecule has 0 heterocycles. The van der Waals surface area contributed by atoms with Crippen LogP contribution in [0, 0.1) is 13.8 Å². The van der Waals surface area contributed by atoms with E-state index < -0.39 is 5.97 Å². The Labute approximate surface area is 136 Å². The number of hydrogen-bond acceptors (Lipinski definition) is 3. The first kappa shape index (κ1) is 17.0. The quantitative estimate of drug-likeness (QED) is 0.765. The van der Waals surface area contributed by atoms with Crippen molar-refractivity contribution in [1.82, 2.24) is 0 Å². The van der Waals surface area contributed by atoms with Gasteiger partial charge in [0.1, 0.15) is 5.75 Å². The van der Waals surface area contributed by atoms with E-state index in [0.29, 0.717) is 13.0 Å². The average molecular weight is 314 g/mol. The standard InChI is InChI=1S/C19H22O4/c1-13-9-17(16-6-3-5-15(11-16)12-20)10-14(2)19(13)23-8-4-7-18(21)22/h3,5-6,9-11,20H,4,7-8,12H2,1-2H3,(H,21,22). The second-order valence-corrected chi connectivity index (χ2v) is 5.64. The van der Waals surface area contributed by atoms with Crippen molar-refractivity contribution in [3.05, 3.63) is 53.1 Å². The maximum atomic E-state index is 10.5. The lowest BCUT2D eigenvalue weighted by Crippen LogP contribution is -2.04. The van der Waals surface area contributed by atoms with Crippen LogP contribution in [-0.4, -0.2) is 22.8 Å². The fourth-order valence-corrected chi connectivity index (χ4v) is 2.59. The van der Waals surface area contributed by atoms with Gasteiger partial charge in [-0.15, -0.1) is 0 Å². The Balaban J connectivity index is 2.17. The van der Waals surface area contributed by atoms with E-state index >= 15 is 0 Å². The lowest BCUT2D eigenvalue weighted by atomic mass is 9.98. The summed E-state index contributed by atoms with van der Waals surface area (Å²) >= 11 is 0. The topological polar surface area (TPSA) is 66.8 Å². The van der Waals surface area contributed by atoms with Crippen LogP contribution in [-0.2, 0) is 11.4 Å². The Kier molecular flexibility index (Phi) is 5.77. The van der Waals surface area contributed by atoms with Crippen LogP contribution in [0.1, 0.15) is 29.5 Å². The molecule has 0 fully saturated rings. The molecule has 0 atom stereocenters. The second kappa shape index (κ2) is 7.79. The maximum Gasteiger partial charge on any atom is 0.303 e. The minimum atomic E-state index is -0.804. The van der Waals surface area contributed by atoms with Crippen LogP contribution in [0.4, 0.5) is 0 Å². The van der Waals surface area contributed by atoms with Crippen LogP contribution in [0.2, 0.25) is 0 Å². The third-order valence-corrected chi connectivity index (χ3v) is 3.68. The molecule has 2 aromatic carbocycles. The van der Waals surface area contributed by atoms with Gasteiger partial charge < -0.3 is 14.9 Å². The number of aliphatic hydroxyl groups is 1. The molecule has 0 bridgehead atoms. The lowest BCUT2D eigenvalue weighted by Gasteiger charge is -2.14. The van der Waals surface area contributed by atoms with Crippen molar-refractivity contribution in [3.63, 3.8) is 0 Å². The molecule has 0 aromatic heterocycles. The van der Waals surface area contributed by atoms with Gasteiger partial charge in [-0.25, -0.2) is 0 Å². The smallest absolute Gasteiger partial charge is 0.303 e. The van der Waals surface area contributed by atoms with Gasteiger partial charge in [0.2, 0.25) is 0 Å². The molecule has 0 amide bonds. The van der Waals surface area contributed by atoms with Crippen molar-refractivity contribution in [2.24, 2.45) is 0 Å². The van der Waals surface area contributed by atoms with Gasteiger partial charge in [-0.2, -0.15) is 0 Å². The predicted molar refractivity (Wildman–Crippen MR) is 89.6 cm³/mol. The largest absolute Gasteiger partial charge is 0.493 e. The SMILES string of the molecule is Cc1cc(-c2cccc(CO)c2)cc(C)c1OCCCC(=O)O. The van der Waals surface area contributed by atoms with Crippen molar-refractivity contribution in [3.8, 4) is 16.9 Å². The Morgan fingerprint density at radius 2 is 1.78 bits per heavy atom. The third kappa shape index (κ3) is 4.57. The van der Waals surface area contributed by atoms with Gasteiger partial charge in [0.25, 0.3) is 0 Å². The molecule has 2 aromatic rings. The molecule has 0 saturated heterocycles. The Morgan fingerprint density at radius 1 is 1.09 bits per heavy atom. The molecule has 0 aliphatic heterocycles. The molecule has 0 radical (unpaired) electrons. The van der Waals surface area contributed by atoms with Crippen LogP contribution in [0.3, 0.4) is 0 Å². The van der Waals surface area contributed by atoms with Crippen molar-refractivity contribution < 1.29 is 19.7 Å². The first-order valence-corrected chi connectivity index (χ1v) is 7.67. The molecule has 2 rings (SSSR count). The number of hydrogen-bond donors (Lipinski definition) is 2. The van der Waals surface area contributed by atoms with Crippen molar-refractivity contribution in [1.29, 1.82) is 0 Å².